The van der Waals surface area contributed by atoms with Crippen LogP contribution in [0.1, 0.15) is 19.4 Å². The van der Waals surface area contributed by atoms with Crippen LogP contribution in [-0.2, 0) is 11.2 Å². The van der Waals surface area contributed by atoms with Gasteiger partial charge in [0.15, 0.2) is 0 Å². The minimum Gasteiger partial charge on any atom is -0.388 e. The molecule has 0 saturated heterocycles. The zero-order chi connectivity index (χ0) is 10.6. The van der Waals surface area contributed by atoms with Crippen molar-refractivity contribution < 1.29 is 4.79 Å². The van der Waals surface area contributed by atoms with Crippen molar-refractivity contribution in [3.63, 3.8) is 0 Å². The minimum atomic E-state index is 0.119. The number of rotatable bonds is 4. The van der Waals surface area contributed by atoms with Gasteiger partial charge < -0.3 is 5.32 Å². The first-order valence-corrected chi connectivity index (χ1v) is 4.93. The largest absolute Gasteiger partial charge is 0.388 e. The Bertz CT molecular complexity index is 318. The molecule has 0 heterocycles. The molecule has 0 bridgehead atoms. The molecule has 0 atom stereocenters. The third-order valence-corrected chi connectivity index (χ3v) is 2.24. The van der Waals surface area contributed by atoms with E-state index < -0.39 is 0 Å². The molecule has 0 aliphatic heterocycles. The summed E-state index contributed by atoms with van der Waals surface area (Å²) in [5, 5.41) is 3.06. The van der Waals surface area contributed by atoms with Crippen LogP contribution in [0.2, 0.25) is 0 Å². The minimum absolute atomic E-state index is 0.119. The molecule has 0 saturated carbocycles. The summed E-state index contributed by atoms with van der Waals surface area (Å²) in [6.45, 7) is 3.87. The molecule has 1 N–H and O–H groups in total. The van der Waals surface area contributed by atoms with E-state index in [1.807, 2.05) is 45.2 Å². The number of carbonyl (C=O) groups excluding carboxylic acids is 1. The summed E-state index contributed by atoms with van der Waals surface area (Å²) in [6, 6.07) is 7.96. The van der Waals surface area contributed by atoms with Crippen LogP contribution in [-0.4, -0.2) is 12.8 Å². The number of Topliss-reactive ketones (excluding diaryl/α,β-unsaturated/α-hetero) is 1. The first kappa shape index (κ1) is 10.8. The molecule has 1 rings (SSSR count). The molecular formula is C12H17NO. The third kappa shape index (κ3) is 2.87. The number of hydrogen-bond donors (Lipinski definition) is 1. The van der Waals surface area contributed by atoms with Crippen LogP contribution in [0.4, 0.5) is 5.69 Å². The second-order valence-electron chi connectivity index (χ2n) is 3.75. The molecular weight excluding hydrogens is 174 g/mol. The quantitative estimate of drug-likeness (QED) is 0.792. The lowest BCUT2D eigenvalue weighted by molar-refractivity contribution is -0.121. The molecule has 1 aromatic carbocycles. The highest BCUT2D eigenvalue weighted by molar-refractivity contribution is 5.82. The van der Waals surface area contributed by atoms with Crippen molar-refractivity contribution in [2.75, 3.05) is 12.4 Å². The zero-order valence-corrected chi connectivity index (χ0v) is 9.00. The Kier molecular flexibility index (Phi) is 3.69. The van der Waals surface area contributed by atoms with E-state index in [1.54, 1.807) is 0 Å². The Morgan fingerprint density at radius 1 is 1.43 bits per heavy atom. The molecule has 0 amide bonds. The fourth-order valence-electron chi connectivity index (χ4n) is 1.24. The summed E-state index contributed by atoms with van der Waals surface area (Å²) in [6.07, 6.45) is 0.535. The van der Waals surface area contributed by atoms with E-state index in [4.69, 9.17) is 0 Å². The molecule has 76 valence electrons. The summed E-state index contributed by atoms with van der Waals surface area (Å²) in [4.78, 5) is 11.5. The molecule has 2 heteroatoms. The average Bonchev–Trinajstić information content (AvgIpc) is 2.18. The molecule has 0 spiro atoms. The van der Waals surface area contributed by atoms with E-state index in [9.17, 15) is 4.79 Å². The van der Waals surface area contributed by atoms with Gasteiger partial charge in [0.1, 0.15) is 5.78 Å². The fourth-order valence-corrected chi connectivity index (χ4v) is 1.24. The van der Waals surface area contributed by atoms with Gasteiger partial charge in [-0.05, 0) is 17.7 Å². The predicted octanol–water partition coefficient (Wildman–Crippen LogP) is 2.50. The van der Waals surface area contributed by atoms with Crippen molar-refractivity contribution in [1.82, 2.24) is 0 Å². The average molecular weight is 191 g/mol. The van der Waals surface area contributed by atoms with Crippen molar-refractivity contribution in [2.45, 2.75) is 20.3 Å². The highest BCUT2D eigenvalue weighted by atomic mass is 16.1. The molecule has 2 nitrogen and oxygen atoms in total. The van der Waals surface area contributed by atoms with Crippen LogP contribution in [0.25, 0.3) is 0 Å². The van der Waals surface area contributed by atoms with Gasteiger partial charge in [-0.3, -0.25) is 4.79 Å². The standard InChI is InChI=1S/C12H17NO/c1-9(2)12(14)8-10-5-4-6-11(7-10)13-3/h4-7,9,13H,8H2,1-3H3. The summed E-state index contributed by atoms with van der Waals surface area (Å²) in [5.74, 6) is 0.409. The summed E-state index contributed by atoms with van der Waals surface area (Å²) in [7, 11) is 1.88. The van der Waals surface area contributed by atoms with E-state index in [1.165, 1.54) is 0 Å². The van der Waals surface area contributed by atoms with Crippen molar-refractivity contribution in [1.29, 1.82) is 0 Å². The Morgan fingerprint density at radius 3 is 2.71 bits per heavy atom. The van der Waals surface area contributed by atoms with Crippen LogP contribution in [0.5, 0.6) is 0 Å². The molecule has 14 heavy (non-hydrogen) atoms. The third-order valence-electron chi connectivity index (χ3n) is 2.24. The van der Waals surface area contributed by atoms with Crippen LogP contribution >= 0.6 is 0 Å². The van der Waals surface area contributed by atoms with Gasteiger partial charge in [0.05, 0.1) is 0 Å². The fraction of sp³-hybridized carbons (Fsp3) is 0.417. The zero-order valence-electron chi connectivity index (χ0n) is 9.00. The van der Waals surface area contributed by atoms with Gasteiger partial charge in [-0.1, -0.05) is 26.0 Å². The monoisotopic (exact) mass is 191 g/mol. The topological polar surface area (TPSA) is 29.1 Å². The maximum absolute atomic E-state index is 11.5. The Morgan fingerprint density at radius 2 is 2.14 bits per heavy atom. The van der Waals surface area contributed by atoms with Gasteiger partial charge in [0, 0.05) is 25.1 Å². The molecule has 0 radical (unpaired) electrons. The summed E-state index contributed by atoms with van der Waals surface area (Å²) >= 11 is 0. The second kappa shape index (κ2) is 4.80. The van der Waals surface area contributed by atoms with Crippen molar-refractivity contribution >= 4 is 11.5 Å². The predicted molar refractivity (Wildman–Crippen MR) is 59.5 cm³/mol. The van der Waals surface area contributed by atoms with Crippen LogP contribution in [0.3, 0.4) is 0 Å². The maximum Gasteiger partial charge on any atom is 0.139 e. The van der Waals surface area contributed by atoms with E-state index in [0.29, 0.717) is 12.2 Å². The number of ketones is 1. The highest BCUT2D eigenvalue weighted by Crippen LogP contribution is 2.12. The van der Waals surface area contributed by atoms with Gasteiger partial charge >= 0.3 is 0 Å². The van der Waals surface area contributed by atoms with Gasteiger partial charge in [-0.15, -0.1) is 0 Å². The molecule has 0 aliphatic carbocycles. The SMILES string of the molecule is CNc1cccc(CC(=O)C(C)C)c1. The summed E-state index contributed by atoms with van der Waals surface area (Å²) in [5.41, 5.74) is 2.13. The van der Waals surface area contributed by atoms with Gasteiger partial charge in [0.2, 0.25) is 0 Å². The van der Waals surface area contributed by atoms with Crippen LogP contribution in [0, 0.1) is 5.92 Å². The van der Waals surface area contributed by atoms with Crippen molar-refractivity contribution in [3.05, 3.63) is 29.8 Å². The first-order chi connectivity index (χ1) is 6.63. The lowest BCUT2D eigenvalue weighted by atomic mass is 10.0. The first-order valence-electron chi connectivity index (χ1n) is 4.93. The van der Waals surface area contributed by atoms with Gasteiger partial charge in [-0.25, -0.2) is 0 Å². The van der Waals surface area contributed by atoms with Crippen molar-refractivity contribution in [3.8, 4) is 0 Å². The Hall–Kier alpha value is -1.31. The molecule has 0 aromatic heterocycles. The van der Waals surface area contributed by atoms with Gasteiger partial charge in [-0.2, -0.15) is 0 Å². The second-order valence-corrected chi connectivity index (χ2v) is 3.75. The smallest absolute Gasteiger partial charge is 0.139 e. The van der Waals surface area contributed by atoms with E-state index in [2.05, 4.69) is 5.32 Å². The molecule has 0 fully saturated rings. The normalized spacial score (nSPS) is 10.3. The molecule has 0 unspecified atom stereocenters. The Labute approximate surface area is 85.3 Å². The van der Waals surface area contributed by atoms with Crippen LogP contribution in [0.15, 0.2) is 24.3 Å². The van der Waals surface area contributed by atoms with Crippen LogP contribution < -0.4 is 5.32 Å². The number of anilines is 1. The van der Waals surface area contributed by atoms with E-state index in [0.717, 1.165) is 11.3 Å². The lowest BCUT2D eigenvalue weighted by Crippen LogP contribution is -2.10. The maximum atomic E-state index is 11.5. The molecule has 1 aromatic rings. The number of carbonyl (C=O) groups is 1. The number of nitrogens with one attached hydrogen (secondary N) is 1. The van der Waals surface area contributed by atoms with E-state index >= 15 is 0 Å². The number of benzene rings is 1. The molecule has 0 aliphatic rings. The summed E-state index contributed by atoms with van der Waals surface area (Å²) < 4.78 is 0. The van der Waals surface area contributed by atoms with E-state index in [-0.39, 0.29) is 5.92 Å². The highest BCUT2D eigenvalue weighted by Gasteiger charge is 2.07. The van der Waals surface area contributed by atoms with Crippen molar-refractivity contribution in [2.24, 2.45) is 5.92 Å². The Balaban J connectivity index is 2.72. The lowest BCUT2D eigenvalue weighted by Gasteiger charge is -2.06. The van der Waals surface area contributed by atoms with Gasteiger partial charge in [0.25, 0.3) is 0 Å². The number of hydrogen-bond acceptors (Lipinski definition) is 2.